The summed E-state index contributed by atoms with van der Waals surface area (Å²) < 4.78 is 5.73. The van der Waals surface area contributed by atoms with Gasteiger partial charge in [-0.1, -0.05) is 48.0 Å². The monoisotopic (exact) mass is 225 g/mol. The zero-order valence-corrected chi connectivity index (χ0v) is 10.2. The second-order valence-corrected chi connectivity index (χ2v) is 4.31. The van der Waals surface area contributed by atoms with Gasteiger partial charge in [0.25, 0.3) is 0 Å². The molecule has 0 amide bonds. The van der Waals surface area contributed by atoms with Crippen LogP contribution in [0.2, 0.25) is 0 Å². The summed E-state index contributed by atoms with van der Waals surface area (Å²) in [5, 5.41) is 0.996. The fraction of sp³-hybridized carbons (Fsp3) is 0.143. The second-order valence-electron chi connectivity index (χ2n) is 3.77. The van der Waals surface area contributed by atoms with Gasteiger partial charge in [-0.3, -0.25) is 0 Å². The zero-order chi connectivity index (χ0) is 11.4. The van der Waals surface area contributed by atoms with Crippen LogP contribution in [0.4, 0.5) is 0 Å². The van der Waals surface area contributed by atoms with E-state index in [1.54, 1.807) is 0 Å². The van der Waals surface area contributed by atoms with Gasteiger partial charge >= 0.3 is 0 Å². The summed E-state index contributed by atoms with van der Waals surface area (Å²) in [5.74, 6) is 0.881. The maximum absolute atomic E-state index is 5.73. The third-order valence-electron chi connectivity index (χ3n) is 2.37. The molecule has 0 atom stereocenters. The molecule has 2 aromatic rings. The molecule has 1 nitrogen and oxygen atoms in total. The smallest absolute Gasteiger partial charge is 0.118 e. The van der Waals surface area contributed by atoms with Crippen molar-refractivity contribution in [1.29, 1.82) is 0 Å². The molecule has 16 heavy (non-hydrogen) atoms. The van der Waals surface area contributed by atoms with Crippen molar-refractivity contribution in [2.45, 2.75) is 13.5 Å². The molecule has 2 rings (SSSR count). The second kappa shape index (κ2) is 4.99. The molecule has 0 aromatic heterocycles. The van der Waals surface area contributed by atoms with E-state index in [0.29, 0.717) is 6.61 Å². The van der Waals surface area contributed by atoms with Gasteiger partial charge in [-0.25, -0.2) is 0 Å². The first-order valence-corrected chi connectivity index (χ1v) is 5.75. The van der Waals surface area contributed by atoms with Gasteiger partial charge < -0.3 is 4.74 Å². The molecule has 79 valence electrons. The highest BCUT2D eigenvalue weighted by molar-refractivity contribution is 6.34. The van der Waals surface area contributed by atoms with Crippen molar-refractivity contribution in [1.82, 2.24) is 0 Å². The lowest BCUT2D eigenvalue weighted by atomic mass is 10.2. The van der Waals surface area contributed by atoms with Crippen LogP contribution < -0.4 is 9.92 Å². The van der Waals surface area contributed by atoms with Gasteiger partial charge in [0.1, 0.15) is 12.4 Å². The van der Waals surface area contributed by atoms with Crippen molar-refractivity contribution in [3.05, 3.63) is 59.7 Å². The fourth-order valence-corrected chi connectivity index (χ4v) is 1.89. The first-order chi connectivity index (χ1) is 7.75. The Kier molecular flexibility index (Phi) is 3.42. The lowest BCUT2D eigenvalue weighted by Gasteiger charge is -2.09. The zero-order valence-electron chi connectivity index (χ0n) is 9.23. The quantitative estimate of drug-likeness (QED) is 0.729. The molecule has 0 fully saturated rings. The van der Waals surface area contributed by atoms with Crippen LogP contribution in [0.5, 0.6) is 5.75 Å². The summed E-state index contributed by atoms with van der Waals surface area (Å²) in [7, 11) is 3.55. The van der Waals surface area contributed by atoms with Gasteiger partial charge in [-0.2, -0.15) is 0 Å². The van der Waals surface area contributed by atoms with E-state index in [4.69, 9.17) is 4.74 Å². The summed E-state index contributed by atoms with van der Waals surface area (Å²) in [5.41, 5.74) is 2.39. The maximum Gasteiger partial charge on any atom is 0.118 e. The highest BCUT2D eigenvalue weighted by Gasteiger charge is 1.99. The third kappa shape index (κ3) is 2.73. The van der Waals surface area contributed by atoms with Gasteiger partial charge in [0.15, 0.2) is 0 Å². The Bertz CT molecular complexity index is 465. The lowest BCUT2D eigenvalue weighted by molar-refractivity contribution is 0.309. The highest BCUT2D eigenvalue weighted by atomic mass is 28.1. The minimum absolute atomic E-state index is 0.599. The van der Waals surface area contributed by atoms with Crippen LogP contribution in [0.15, 0.2) is 48.5 Å². The van der Waals surface area contributed by atoms with Crippen LogP contribution in [0.1, 0.15) is 11.1 Å². The topological polar surface area (TPSA) is 9.23 Å². The van der Waals surface area contributed by atoms with Crippen LogP contribution in [0, 0.1) is 6.92 Å². The fourth-order valence-electron chi connectivity index (χ4n) is 1.51. The van der Waals surface area contributed by atoms with Crippen LogP contribution >= 0.6 is 0 Å². The Morgan fingerprint density at radius 2 is 1.81 bits per heavy atom. The van der Waals surface area contributed by atoms with E-state index in [9.17, 15) is 0 Å². The number of aryl methyl sites for hydroxylation is 1. The van der Waals surface area contributed by atoms with Crippen LogP contribution in [-0.4, -0.2) is 10.2 Å². The molecule has 0 aliphatic carbocycles. The summed E-state index contributed by atoms with van der Waals surface area (Å²) in [4.78, 5) is 0. The number of hydrogen-bond donors (Lipinski definition) is 0. The Morgan fingerprint density at radius 1 is 1.06 bits per heavy atom. The number of rotatable bonds is 3. The lowest BCUT2D eigenvalue weighted by Crippen LogP contribution is -2.09. The van der Waals surface area contributed by atoms with E-state index in [0.717, 1.165) is 10.9 Å². The maximum atomic E-state index is 5.73. The molecule has 0 heterocycles. The van der Waals surface area contributed by atoms with E-state index < -0.39 is 0 Å². The van der Waals surface area contributed by atoms with Crippen molar-refractivity contribution in [2.75, 3.05) is 0 Å². The molecular weight excluding hydrogens is 212 g/mol. The third-order valence-corrected chi connectivity index (χ3v) is 2.76. The van der Waals surface area contributed by atoms with Crippen LogP contribution in [0.3, 0.4) is 0 Å². The molecule has 2 aromatic carbocycles. The molecule has 0 aliphatic heterocycles. The van der Waals surface area contributed by atoms with Gasteiger partial charge in [0.2, 0.25) is 0 Å². The normalized spacial score (nSPS) is 10.1. The summed E-state index contributed by atoms with van der Waals surface area (Å²) in [6, 6.07) is 16.2. The first kappa shape index (κ1) is 11.0. The molecule has 0 saturated heterocycles. The molecule has 0 N–H and O–H groups in total. The van der Waals surface area contributed by atoms with Crippen LogP contribution in [0.25, 0.3) is 0 Å². The molecule has 0 aliphatic rings. The summed E-state index contributed by atoms with van der Waals surface area (Å²) in [6.07, 6.45) is 0. The molecule has 0 saturated carbocycles. The van der Waals surface area contributed by atoms with E-state index in [2.05, 4.69) is 35.4 Å². The standard InChI is InChI=1S/C14H13OSi/c1-11-7-8-13(14(16)9-11)15-10-12-5-3-2-4-6-12/h2-9H,10H2,1H3. The largest absolute Gasteiger partial charge is 0.489 e. The van der Waals surface area contributed by atoms with E-state index in [1.807, 2.05) is 30.3 Å². The van der Waals surface area contributed by atoms with Crippen molar-refractivity contribution < 1.29 is 4.74 Å². The average molecular weight is 225 g/mol. The van der Waals surface area contributed by atoms with Crippen molar-refractivity contribution in [3.8, 4) is 5.75 Å². The molecule has 0 bridgehead atoms. The molecule has 0 spiro atoms. The predicted molar refractivity (Wildman–Crippen MR) is 67.3 cm³/mol. The number of ether oxygens (including phenoxy) is 1. The molecule has 3 radical (unpaired) electrons. The van der Waals surface area contributed by atoms with Gasteiger partial charge in [0, 0.05) is 0 Å². The Labute approximate surface area is 99.5 Å². The Hall–Kier alpha value is -1.54. The molecular formula is C14H13OSi. The average Bonchev–Trinajstić information content (AvgIpc) is 2.29. The number of benzene rings is 2. The summed E-state index contributed by atoms with van der Waals surface area (Å²) >= 11 is 0. The van der Waals surface area contributed by atoms with Crippen molar-refractivity contribution in [2.24, 2.45) is 0 Å². The summed E-state index contributed by atoms with van der Waals surface area (Å²) in [6.45, 7) is 2.66. The van der Waals surface area contributed by atoms with E-state index >= 15 is 0 Å². The molecule has 2 heteroatoms. The Morgan fingerprint density at radius 3 is 2.50 bits per heavy atom. The highest BCUT2D eigenvalue weighted by Crippen LogP contribution is 2.10. The minimum Gasteiger partial charge on any atom is -0.489 e. The van der Waals surface area contributed by atoms with Gasteiger partial charge in [-0.15, -0.1) is 0 Å². The first-order valence-electron chi connectivity index (χ1n) is 5.25. The number of hydrogen-bond acceptors (Lipinski definition) is 1. The van der Waals surface area contributed by atoms with E-state index in [-0.39, 0.29) is 0 Å². The predicted octanol–water partition coefficient (Wildman–Crippen LogP) is 2.37. The van der Waals surface area contributed by atoms with Crippen molar-refractivity contribution in [3.63, 3.8) is 0 Å². The van der Waals surface area contributed by atoms with Crippen LogP contribution in [-0.2, 0) is 6.61 Å². The Balaban J connectivity index is 2.05. The van der Waals surface area contributed by atoms with Crippen molar-refractivity contribution >= 4 is 15.4 Å². The molecule has 0 unspecified atom stereocenters. The van der Waals surface area contributed by atoms with Gasteiger partial charge in [0.05, 0.1) is 10.2 Å². The minimum atomic E-state index is 0.599. The SMILES string of the molecule is Cc1ccc(OCc2ccccc2)c([Si])c1. The van der Waals surface area contributed by atoms with Gasteiger partial charge in [-0.05, 0) is 23.7 Å². The van der Waals surface area contributed by atoms with E-state index in [1.165, 1.54) is 11.1 Å².